The fourth-order valence-electron chi connectivity index (χ4n) is 2.51. The Labute approximate surface area is 130 Å². The van der Waals surface area contributed by atoms with Gasteiger partial charge in [0.05, 0.1) is 5.38 Å². The fourth-order valence-corrected chi connectivity index (χ4v) is 2.68. The molecule has 2 aromatic rings. The predicted molar refractivity (Wildman–Crippen MR) is 84.7 cm³/mol. The van der Waals surface area contributed by atoms with Gasteiger partial charge in [-0.3, -0.25) is 0 Å². The van der Waals surface area contributed by atoms with Gasteiger partial charge in [-0.1, -0.05) is 0 Å². The van der Waals surface area contributed by atoms with Gasteiger partial charge in [0.1, 0.15) is 11.3 Å². The molecule has 1 unspecified atom stereocenters. The van der Waals surface area contributed by atoms with Gasteiger partial charge in [-0.05, 0) is 50.7 Å². The smallest absolute Gasteiger partial charge is 0.160 e. The maximum absolute atomic E-state index is 6.27. The third-order valence-corrected chi connectivity index (χ3v) is 4.02. The van der Waals surface area contributed by atoms with Gasteiger partial charge >= 0.3 is 0 Å². The third-order valence-electron chi connectivity index (χ3n) is 3.83. The first kappa shape index (κ1) is 14.8. The van der Waals surface area contributed by atoms with Gasteiger partial charge in [-0.15, -0.1) is 11.6 Å². The number of alkyl halides is 1. The number of imidazole rings is 1. The van der Waals surface area contributed by atoms with Crippen LogP contribution >= 0.6 is 11.6 Å². The lowest BCUT2D eigenvalue weighted by molar-refractivity contribution is 0.119. The minimum Gasteiger partial charge on any atom is -0.381 e. The standard InChI is InChI=1S/C16H22ClN3O/c1-11-8-14-16(18-9-11)20(15(19-14)12(2)17)6-3-7-21-10-13-4-5-13/h8-9,12-13H,3-7,10H2,1-2H3. The van der Waals surface area contributed by atoms with Crippen LogP contribution < -0.4 is 0 Å². The highest BCUT2D eigenvalue weighted by atomic mass is 35.5. The van der Waals surface area contributed by atoms with Crippen molar-refractivity contribution in [2.75, 3.05) is 13.2 Å². The predicted octanol–water partition coefficient (Wildman–Crippen LogP) is 3.86. The number of halogens is 1. The van der Waals surface area contributed by atoms with E-state index in [0.717, 1.165) is 54.6 Å². The highest BCUT2D eigenvalue weighted by Crippen LogP contribution is 2.29. The summed E-state index contributed by atoms with van der Waals surface area (Å²) in [5, 5.41) is -0.119. The molecule has 2 aromatic heterocycles. The van der Waals surface area contributed by atoms with Crippen molar-refractivity contribution >= 4 is 22.8 Å². The second kappa shape index (κ2) is 6.32. The van der Waals surface area contributed by atoms with Crippen molar-refractivity contribution in [3.8, 4) is 0 Å². The largest absolute Gasteiger partial charge is 0.381 e. The van der Waals surface area contributed by atoms with E-state index >= 15 is 0 Å². The molecule has 1 aliphatic carbocycles. The van der Waals surface area contributed by atoms with Gasteiger partial charge in [0, 0.05) is 26.0 Å². The third kappa shape index (κ3) is 3.55. The van der Waals surface area contributed by atoms with E-state index in [-0.39, 0.29) is 5.38 Å². The quantitative estimate of drug-likeness (QED) is 0.576. The Bertz CT molecular complexity index is 619. The van der Waals surface area contributed by atoms with Crippen molar-refractivity contribution in [3.63, 3.8) is 0 Å². The van der Waals surface area contributed by atoms with Crippen LogP contribution in [-0.4, -0.2) is 27.7 Å². The molecule has 3 rings (SSSR count). The number of aromatic nitrogens is 3. The van der Waals surface area contributed by atoms with Crippen LogP contribution in [0.15, 0.2) is 12.3 Å². The maximum Gasteiger partial charge on any atom is 0.160 e. The summed E-state index contributed by atoms with van der Waals surface area (Å²) in [6, 6.07) is 2.06. The van der Waals surface area contributed by atoms with Gasteiger partial charge in [0.2, 0.25) is 0 Å². The molecule has 0 spiro atoms. The molecule has 0 bridgehead atoms. The Morgan fingerprint density at radius 3 is 3.00 bits per heavy atom. The molecule has 1 saturated carbocycles. The normalized spacial score (nSPS) is 16.5. The van der Waals surface area contributed by atoms with E-state index in [2.05, 4.69) is 20.6 Å². The summed E-state index contributed by atoms with van der Waals surface area (Å²) >= 11 is 6.27. The van der Waals surface area contributed by atoms with Crippen LogP contribution in [0.1, 0.15) is 43.0 Å². The summed E-state index contributed by atoms with van der Waals surface area (Å²) in [4.78, 5) is 9.16. The zero-order chi connectivity index (χ0) is 14.8. The van der Waals surface area contributed by atoms with Gasteiger partial charge in [-0.2, -0.15) is 0 Å². The van der Waals surface area contributed by atoms with Crippen molar-refractivity contribution in [1.82, 2.24) is 14.5 Å². The topological polar surface area (TPSA) is 39.9 Å². The average Bonchev–Trinajstić information content (AvgIpc) is 3.19. The SMILES string of the molecule is Cc1cnc2c(c1)nc(C(C)Cl)n2CCCOCC1CC1. The molecule has 1 fully saturated rings. The highest BCUT2D eigenvalue weighted by Gasteiger charge is 2.21. The molecular formula is C16H22ClN3O. The molecule has 0 amide bonds. The molecule has 0 radical (unpaired) electrons. The molecule has 5 heteroatoms. The second-order valence-corrected chi connectivity index (χ2v) is 6.62. The van der Waals surface area contributed by atoms with Crippen LogP contribution in [0.3, 0.4) is 0 Å². The molecule has 0 saturated heterocycles. The Kier molecular flexibility index (Phi) is 4.45. The van der Waals surface area contributed by atoms with Gasteiger partial charge in [0.15, 0.2) is 5.65 Å². The summed E-state index contributed by atoms with van der Waals surface area (Å²) in [7, 11) is 0. The van der Waals surface area contributed by atoms with Gasteiger partial charge in [0.25, 0.3) is 0 Å². The van der Waals surface area contributed by atoms with E-state index in [9.17, 15) is 0 Å². The summed E-state index contributed by atoms with van der Waals surface area (Å²) < 4.78 is 7.83. The highest BCUT2D eigenvalue weighted by molar-refractivity contribution is 6.20. The van der Waals surface area contributed by atoms with Crippen molar-refractivity contribution in [2.24, 2.45) is 5.92 Å². The van der Waals surface area contributed by atoms with Crippen LogP contribution in [0, 0.1) is 12.8 Å². The molecule has 4 nitrogen and oxygen atoms in total. The average molecular weight is 308 g/mol. The Hall–Kier alpha value is -1.13. The Morgan fingerprint density at radius 2 is 2.29 bits per heavy atom. The molecule has 0 aromatic carbocycles. The molecule has 114 valence electrons. The molecule has 21 heavy (non-hydrogen) atoms. The van der Waals surface area contributed by atoms with Gasteiger partial charge < -0.3 is 9.30 Å². The van der Waals surface area contributed by atoms with Crippen LogP contribution in [-0.2, 0) is 11.3 Å². The second-order valence-electron chi connectivity index (χ2n) is 5.96. The fraction of sp³-hybridized carbons (Fsp3) is 0.625. The minimum atomic E-state index is -0.119. The minimum absolute atomic E-state index is 0.119. The molecule has 2 heterocycles. The van der Waals surface area contributed by atoms with Gasteiger partial charge in [-0.25, -0.2) is 9.97 Å². The summed E-state index contributed by atoms with van der Waals surface area (Å²) in [5.41, 5.74) is 2.97. The first-order valence-electron chi connectivity index (χ1n) is 7.69. The lowest BCUT2D eigenvalue weighted by Crippen LogP contribution is -2.08. The van der Waals surface area contributed by atoms with E-state index in [4.69, 9.17) is 16.3 Å². The number of pyridine rings is 1. The molecule has 1 atom stereocenters. The van der Waals surface area contributed by atoms with E-state index < -0.39 is 0 Å². The number of fused-ring (bicyclic) bond motifs is 1. The molecule has 1 aliphatic rings. The summed E-state index contributed by atoms with van der Waals surface area (Å²) in [6.07, 6.45) is 5.52. The number of hydrogen-bond donors (Lipinski definition) is 0. The van der Waals surface area contributed by atoms with Crippen molar-refractivity contribution in [2.45, 2.75) is 45.0 Å². The number of hydrogen-bond acceptors (Lipinski definition) is 3. The molecule has 0 N–H and O–H groups in total. The van der Waals surface area contributed by atoms with E-state index in [1.165, 1.54) is 12.8 Å². The van der Waals surface area contributed by atoms with Crippen LogP contribution in [0.25, 0.3) is 11.2 Å². The van der Waals surface area contributed by atoms with Crippen molar-refractivity contribution in [3.05, 3.63) is 23.7 Å². The molecular weight excluding hydrogens is 286 g/mol. The maximum atomic E-state index is 6.27. The Balaban J connectivity index is 1.70. The zero-order valence-corrected chi connectivity index (χ0v) is 13.4. The van der Waals surface area contributed by atoms with Crippen molar-refractivity contribution in [1.29, 1.82) is 0 Å². The van der Waals surface area contributed by atoms with Crippen LogP contribution in [0.4, 0.5) is 0 Å². The first-order chi connectivity index (χ1) is 10.1. The van der Waals surface area contributed by atoms with E-state index in [1.54, 1.807) is 0 Å². The lowest BCUT2D eigenvalue weighted by Gasteiger charge is -2.10. The van der Waals surface area contributed by atoms with E-state index in [0.29, 0.717) is 0 Å². The van der Waals surface area contributed by atoms with Crippen molar-refractivity contribution < 1.29 is 4.74 Å². The Morgan fingerprint density at radius 1 is 1.48 bits per heavy atom. The summed E-state index contributed by atoms with van der Waals surface area (Å²) in [5.74, 6) is 1.72. The number of nitrogens with zero attached hydrogens (tertiary/aromatic N) is 3. The number of rotatable bonds is 7. The van der Waals surface area contributed by atoms with Crippen LogP contribution in [0.5, 0.6) is 0 Å². The first-order valence-corrected chi connectivity index (χ1v) is 8.13. The number of aryl methyl sites for hydroxylation is 2. The number of ether oxygens (including phenoxy) is 1. The summed E-state index contributed by atoms with van der Waals surface area (Å²) in [6.45, 7) is 6.54. The lowest BCUT2D eigenvalue weighted by atomic mass is 10.3. The molecule has 0 aliphatic heterocycles. The van der Waals surface area contributed by atoms with Crippen LogP contribution in [0.2, 0.25) is 0 Å². The monoisotopic (exact) mass is 307 g/mol. The zero-order valence-electron chi connectivity index (χ0n) is 12.7. The van der Waals surface area contributed by atoms with E-state index in [1.807, 2.05) is 20.0 Å².